The zero-order valence-electron chi connectivity index (χ0n) is 16.9. The van der Waals surface area contributed by atoms with Crippen molar-refractivity contribution in [2.75, 3.05) is 32.6 Å². The molecule has 3 rings (SSSR count). The average molecular weight is 419 g/mol. The van der Waals surface area contributed by atoms with Gasteiger partial charge < -0.3 is 15.1 Å². The monoisotopic (exact) mass is 419 g/mol. The second-order valence-corrected chi connectivity index (χ2v) is 7.23. The lowest BCUT2D eigenvalue weighted by atomic mass is 9.91. The molecule has 6 nitrogen and oxygen atoms in total. The van der Waals surface area contributed by atoms with Crippen LogP contribution >= 0.6 is 0 Å². The van der Waals surface area contributed by atoms with E-state index in [1.54, 1.807) is 25.3 Å². The highest BCUT2D eigenvalue weighted by Gasteiger charge is 2.30. The summed E-state index contributed by atoms with van der Waals surface area (Å²) in [6.45, 7) is 5.36. The molecule has 9 heteroatoms. The SMILES string of the molecule is C=C(/C=N\N(C)C)c1cc(C2CCOCC2)cc(Nc2cc(C(F)(F)F)ccn2)n1. The fourth-order valence-electron chi connectivity index (χ4n) is 3.10. The number of hydrazone groups is 1. The Labute approximate surface area is 173 Å². The fraction of sp³-hybridized carbons (Fsp3) is 0.381. The lowest BCUT2D eigenvalue weighted by Crippen LogP contribution is -2.15. The van der Waals surface area contributed by atoms with E-state index in [-0.39, 0.29) is 11.7 Å². The molecule has 0 atom stereocenters. The van der Waals surface area contributed by atoms with E-state index in [1.807, 2.05) is 12.1 Å². The summed E-state index contributed by atoms with van der Waals surface area (Å²) < 4.78 is 44.5. The second kappa shape index (κ2) is 9.25. The number of hydrogen-bond donors (Lipinski definition) is 1. The Kier molecular flexibility index (Phi) is 6.71. The van der Waals surface area contributed by atoms with E-state index in [9.17, 15) is 13.2 Å². The molecular weight excluding hydrogens is 395 g/mol. The highest BCUT2D eigenvalue weighted by atomic mass is 19.4. The van der Waals surface area contributed by atoms with Crippen LogP contribution in [0.1, 0.15) is 35.6 Å². The fourth-order valence-corrected chi connectivity index (χ4v) is 3.10. The third kappa shape index (κ3) is 5.79. The predicted octanol–water partition coefficient (Wildman–Crippen LogP) is 4.69. The predicted molar refractivity (Wildman–Crippen MR) is 111 cm³/mol. The summed E-state index contributed by atoms with van der Waals surface area (Å²) in [6, 6.07) is 5.69. The molecule has 0 amide bonds. The molecule has 160 valence electrons. The highest BCUT2D eigenvalue weighted by molar-refractivity contribution is 6.08. The molecular formula is C21H24F3N5O. The number of rotatable bonds is 6. The maximum atomic E-state index is 13.0. The van der Waals surface area contributed by atoms with Crippen LogP contribution in [0.5, 0.6) is 0 Å². The molecule has 1 fully saturated rings. The number of allylic oxidation sites excluding steroid dienone is 1. The average Bonchev–Trinajstić information content (AvgIpc) is 2.72. The summed E-state index contributed by atoms with van der Waals surface area (Å²) in [5, 5.41) is 8.73. The van der Waals surface area contributed by atoms with Crippen molar-refractivity contribution in [2.45, 2.75) is 24.9 Å². The third-order valence-electron chi connectivity index (χ3n) is 4.66. The van der Waals surface area contributed by atoms with Crippen LogP contribution in [0.4, 0.5) is 24.8 Å². The highest BCUT2D eigenvalue weighted by Crippen LogP contribution is 2.32. The Morgan fingerprint density at radius 3 is 2.63 bits per heavy atom. The largest absolute Gasteiger partial charge is 0.416 e. The van der Waals surface area contributed by atoms with Crippen LogP contribution < -0.4 is 5.32 Å². The first-order chi connectivity index (χ1) is 14.2. The van der Waals surface area contributed by atoms with Crippen molar-refractivity contribution < 1.29 is 17.9 Å². The zero-order valence-corrected chi connectivity index (χ0v) is 16.9. The first-order valence-electron chi connectivity index (χ1n) is 9.53. The molecule has 0 spiro atoms. The number of anilines is 2. The van der Waals surface area contributed by atoms with Crippen LogP contribution in [-0.2, 0) is 10.9 Å². The molecule has 3 heterocycles. The Morgan fingerprint density at radius 2 is 1.97 bits per heavy atom. The van der Waals surface area contributed by atoms with Gasteiger partial charge in [-0.25, -0.2) is 9.97 Å². The van der Waals surface area contributed by atoms with E-state index in [4.69, 9.17) is 4.74 Å². The van der Waals surface area contributed by atoms with Crippen molar-refractivity contribution in [1.82, 2.24) is 15.0 Å². The Balaban J connectivity index is 1.94. The lowest BCUT2D eigenvalue weighted by molar-refractivity contribution is -0.137. The van der Waals surface area contributed by atoms with Crippen LogP contribution in [0.2, 0.25) is 0 Å². The minimum absolute atomic E-state index is 0.0694. The van der Waals surface area contributed by atoms with Crippen molar-refractivity contribution in [3.05, 3.63) is 53.9 Å². The molecule has 0 saturated carbocycles. The van der Waals surface area contributed by atoms with Gasteiger partial charge in [-0.3, -0.25) is 0 Å². The van der Waals surface area contributed by atoms with Crippen LogP contribution in [0.15, 0.2) is 42.1 Å². The first kappa shape index (κ1) is 21.8. The summed E-state index contributed by atoms with van der Waals surface area (Å²) in [6.07, 6.45) is 0.00420. The minimum Gasteiger partial charge on any atom is -0.381 e. The Bertz CT molecular complexity index is 921. The van der Waals surface area contributed by atoms with Gasteiger partial charge in [-0.05, 0) is 48.6 Å². The number of nitrogens with one attached hydrogen (secondary N) is 1. The van der Waals surface area contributed by atoms with Crippen LogP contribution in [0.25, 0.3) is 5.57 Å². The van der Waals surface area contributed by atoms with Crippen molar-refractivity contribution in [3.8, 4) is 0 Å². The van der Waals surface area contributed by atoms with Gasteiger partial charge in [0, 0.05) is 39.1 Å². The van der Waals surface area contributed by atoms with Gasteiger partial charge in [0.05, 0.1) is 17.5 Å². The lowest BCUT2D eigenvalue weighted by Gasteiger charge is -2.23. The van der Waals surface area contributed by atoms with E-state index >= 15 is 0 Å². The van der Waals surface area contributed by atoms with Crippen molar-refractivity contribution in [3.63, 3.8) is 0 Å². The number of pyridine rings is 2. The molecule has 30 heavy (non-hydrogen) atoms. The molecule has 1 aliphatic heterocycles. The van der Waals surface area contributed by atoms with Crippen molar-refractivity contribution in [2.24, 2.45) is 5.10 Å². The first-order valence-corrected chi connectivity index (χ1v) is 9.53. The molecule has 1 N–H and O–H groups in total. The molecule has 0 aromatic carbocycles. The van der Waals surface area contributed by atoms with Crippen LogP contribution in [0.3, 0.4) is 0 Å². The molecule has 2 aromatic rings. The molecule has 2 aromatic heterocycles. The molecule has 1 saturated heterocycles. The summed E-state index contributed by atoms with van der Waals surface area (Å²) in [5.41, 5.74) is 1.44. The van der Waals surface area contributed by atoms with Gasteiger partial charge >= 0.3 is 6.18 Å². The second-order valence-electron chi connectivity index (χ2n) is 7.23. The number of hydrogen-bond acceptors (Lipinski definition) is 6. The summed E-state index contributed by atoms with van der Waals surface area (Å²) in [7, 11) is 3.59. The normalized spacial score (nSPS) is 15.4. The van der Waals surface area contributed by atoms with E-state index in [0.29, 0.717) is 30.3 Å². The van der Waals surface area contributed by atoms with Gasteiger partial charge in [-0.2, -0.15) is 18.3 Å². The van der Waals surface area contributed by atoms with E-state index in [0.717, 1.165) is 36.7 Å². The van der Waals surface area contributed by atoms with Gasteiger partial charge in [-0.15, -0.1) is 0 Å². The van der Waals surface area contributed by atoms with Crippen molar-refractivity contribution >= 4 is 23.4 Å². The summed E-state index contributed by atoms with van der Waals surface area (Å²) >= 11 is 0. The number of halogens is 3. The van der Waals surface area contributed by atoms with Gasteiger partial charge in [0.1, 0.15) is 11.6 Å². The quantitative estimate of drug-likeness (QED) is 0.544. The topological polar surface area (TPSA) is 62.6 Å². The van der Waals surface area contributed by atoms with Gasteiger partial charge in [0.15, 0.2) is 0 Å². The molecule has 0 aliphatic carbocycles. The molecule has 0 radical (unpaired) electrons. The molecule has 1 aliphatic rings. The Hall–Kier alpha value is -2.94. The minimum atomic E-state index is -4.45. The van der Waals surface area contributed by atoms with E-state index in [2.05, 4.69) is 27.0 Å². The van der Waals surface area contributed by atoms with Gasteiger partial charge in [-0.1, -0.05) is 6.58 Å². The maximum absolute atomic E-state index is 13.0. The van der Waals surface area contributed by atoms with Gasteiger partial charge in [0.2, 0.25) is 0 Å². The Morgan fingerprint density at radius 1 is 1.23 bits per heavy atom. The van der Waals surface area contributed by atoms with E-state index < -0.39 is 11.7 Å². The summed E-state index contributed by atoms with van der Waals surface area (Å²) in [5.74, 6) is 0.745. The standard InChI is InChI=1S/C21H24F3N5O/c1-14(13-26-29(2)3)18-10-16(15-5-8-30-9-6-15)11-20(27-18)28-19-12-17(4-7-25-19)21(22,23)24/h4,7,10-13,15H,1,5-6,8-9H2,2-3H3,(H,25,27,28)/b26-13-. The number of nitrogens with zero attached hydrogens (tertiary/aromatic N) is 4. The number of ether oxygens (including phenoxy) is 1. The maximum Gasteiger partial charge on any atom is 0.416 e. The van der Waals surface area contributed by atoms with Gasteiger partial charge in [0.25, 0.3) is 0 Å². The van der Waals surface area contributed by atoms with E-state index in [1.165, 1.54) is 0 Å². The van der Waals surface area contributed by atoms with Crippen molar-refractivity contribution in [1.29, 1.82) is 0 Å². The number of aromatic nitrogens is 2. The molecule has 0 bridgehead atoms. The zero-order chi connectivity index (χ0) is 21.7. The van der Waals surface area contributed by atoms with Crippen LogP contribution in [-0.4, -0.2) is 48.5 Å². The molecule has 0 unspecified atom stereocenters. The summed E-state index contributed by atoms with van der Waals surface area (Å²) in [4.78, 5) is 8.52. The smallest absolute Gasteiger partial charge is 0.381 e. The third-order valence-corrected chi connectivity index (χ3v) is 4.66. The number of alkyl halides is 3. The van der Waals surface area contributed by atoms with Crippen LogP contribution in [0, 0.1) is 0 Å².